The van der Waals surface area contributed by atoms with E-state index in [9.17, 15) is 5.26 Å². The molecule has 0 atom stereocenters. The van der Waals surface area contributed by atoms with Crippen molar-refractivity contribution < 1.29 is 19.4 Å². The second-order valence-electron chi connectivity index (χ2n) is 3.03. The first-order valence-electron chi connectivity index (χ1n) is 4.55. The number of methoxy groups -OCH3 is 1. The lowest BCUT2D eigenvalue weighted by Crippen LogP contribution is -2.01. The van der Waals surface area contributed by atoms with Gasteiger partial charge in [-0.15, -0.1) is 0 Å². The van der Waals surface area contributed by atoms with Gasteiger partial charge in [0.1, 0.15) is 5.75 Å². The molecule has 2 aromatic carbocycles. The first-order chi connectivity index (χ1) is 7.86. The molecule has 0 amide bonds. The van der Waals surface area contributed by atoms with Gasteiger partial charge in [-0.3, -0.25) is 5.04 Å². The van der Waals surface area contributed by atoms with Crippen LogP contribution in [0.5, 0.6) is 5.75 Å². The molecule has 4 nitrogen and oxygen atoms in total. The molecule has 0 aliphatic carbocycles. The smallest absolute Gasteiger partial charge is 0.126 e. The second kappa shape index (κ2) is 5.18. The summed E-state index contributed by atoms with van der Waals surface area (Å²) in [5.41, 5.74) is 0. The Labute approximate surface area is 96.8 Å². The number of fused-ring (bicyclic) bond motifs is 1. The van der Waals surface area contributed by atoms with Crippen LogP contribution < -0.4 is 9.99 Å². The standard InChI is InChI=1S/C11H10O4S/c1-13-10-6-7-11(16-15-14-12)9-5-3-2-4-8(9)10/h2-7,12H,1H3/p-1. The van der Waals surface area contributed by atoms with E-state index in [0.717, 1.165) is 33.5 Å². The van der Waals surface area contributed by atoms with Crippen LogP contribution in [0.2, 0.25) is 0 Å². The second-order valence-corrected chi connectivity index (χ2v) is 3.77. The lowest BCUT2D eigenvalue weighted by atomic mass is 10.1. The largest absolute Gasteiger partial charge is 0.691 e. The molecule has 0 saturated carbocycles. The highest BCUT2D eigenvalue weighted by Gasteiger charge is 2.06. The summed E-state index contributed by atoms with van der Waals surface area (Å²) in [6.45, 7) is 0. The molecule has 0 heterocycles. The van der Waals surface area contributed by atoms with Crippen LogP contribution >= 0.6 is 12.0 Å². The van der Waals surface area contributed by atoms with Gasteiger partial charge in [0.15, 0.2) is 0 Å². The van der Waals surface area contributed by atoms with Gasteiger partial charge in [-0.2, -0.15) is 4.33 Å². The molecule has 0 aromatic heterocycles. The molecule has 0 spiro atoms. The molecule has 0 N–H and O–H groups in total. The average Bonchev–Trinajstić information content (AvgIpc) is 2.36. The van der Waals surface area contributed by atoms with E-state index >= 15 is 0 Å². The minimum atomic E-state index is 0.781. The van der Waals surface area contributed by atoms with Crippen LogP contribution in [0.25, 0.3) is 10.8 Å². The van der Waals surface area contributed by atoms with E-state index in [4.69, 9.17) is 4.74 Å². The van der Waals surface area contributed by atoms with Gasteiger partial charge in [0, 0.05) is 15.7 Å². The summed E-state index contributed by atoms with van der Waals surface area (Å²) in [7, 11) is 1.62. The third kappa shape index (κ3) is 2.12. The number of ether oxygens (including phenoxy) is 1. The van der Waals surface area contributed by atoms with Crippen LogP contribution in [0.15, 0.2) is 41.3 Å². The fourth-order valence-electron chi connectivity index (χ4n) is 1.54. The van der Waals surface area contributed by atoms with Gasteiger partial charge in [-0.05, 0) is 12.1 Å². The maximum Gasteiger partial charge on any atom is 0.126 e. The molecule has 0 fully saturated rings. The van der Waals surface area contributed by atoms with E-state index in [1.807, 2.05) is 36.4 Å². The van der Waals surface area contributed by atoms with Crippen LogP contribution in [0, 0.1) is 0 Å². The molecular formula is C11H9O4S-. The van der Waals surface area contributed by atoms with Gasteiger partial charge in [-0.1, -0.05) is 24.3 Å². The Morgan fingerprint density at radius 3 is 2.50 bits per heavy atom. The molecule has 5 heteroatoms. The monoisotopic (exact) mass is 237 g/mol. The third-order valence-corrected chi connectivity index (χ3v) is 2.87. The van der Waals surface area contributed by atoms with Gasteiger partial charge < -0.3 is 9.99 Å². The van der Waals surface area contributed by atoms with E-state index < -0.39 is 0 Å². The number of hydrogen-bond donors (Lipinski definition) is 0. The maximum atomic E-state index is 9.79. The average molecular weight is 237 g/mol. The predicted molar refractivity (Wildman–Crippen MR) is 58.5 cm³/mol. The molecule has 0 radical (unpaired) electrons. The topological polar surface area (TPSA) is 50.8 Å². The Kier molecular flexibility index (Phi) is 3.63. The van der Waals surface area contributed by atoms with Crippen molar-refractivity contribution in [3.05, 3.63) is 36.4 Å². The molecule has 2 aromatic rings. The molecule has 84 valence electrons. The van der Waals surface area contributed by atoms with Crippen LogP contribution in [0.4, 0.5) is 0 Å². The van der Waals surface area contributed by atoms with Gasteiger partial charge in [0.25, 0.3) is 0 Å². The van der Waals surface area contributed by atoms with Crippen LogP contribution in [-0.4, -0.2) is 7.11 Å². The summed E-state index contributed by atoms with van der Waals surface area (Å²) in [6.07, 6.45) is 0. The maximum absolute atomic E-state index is 9.79. The Hall–Kier alpha value is -1.27. The Balaban J connectivity index is 2.51. The van der Waals surface area contributed by atoms with Gasteiger partial charge in [0.2, 0.25) is 0 Å². The highest BCUT2D eigenvalue weighted by molar-refractivity contribution is 7.94. The number of rotatable bonds is 4. The zero-order chi connectivity index (χ0) is 11.4. The van der Waals surface area contributed by atoms with Crippen molar-refractivity contribution in [1.82, 2.24) is 0 Å². The van der Waals surface area contributed by atoms with Crippen molar-refractivity contribution in [3.63, 3.8) is 0 Å². The number of benzene rings is 2. The van der Waals surface area contributed by atoms with E-state index in [0.29, 0.717) is 0 Å². The van der Waals surface area contributed by atoms with Crippen molar-refractivity contribution in [2.75, 3.05) is 7.11 Å². The number of hydrogen-bond acceptors (Lipinski definition) is 5. The van der Waals surface area contributed by atoms with Crippen molar-refractivity contribution in [3.8, 4) is 5.75 Å². The predicted octanol–water partition coefficient (Wildman–Crippen LogP) is 2.08. The van der Waals surface area contributed by atoms with Crippen molar-refractivity contribution >= 4 is 22.8 Å². The van der Waals surface area contributed by atoms with Crippen LogP contribution in [0.3, 0.4) is 0 Å². The Morgan fingerprint density at radius 1 is 1.06 bits per heavy atom. The minimum absolute atomic E-state index is 0.781. The highest BCUT2D eigenvalue weighted by Crippen LogP contribution is 2.33. The van der Waals surface area contributed by atoms with Gasteiger partial charge >= 0.3 is 0 Å². The van der Waals surface area contributed by atoms with E-state index in [1.54, 1.807) is 7.11 Å². The molecule has 2 rings (SSSR count). The summed E-state index contributed by atoms with van der Waals surface area (Å²) in [6, 6.07) is 11.3. The fraction of sp³-hybridized carbons (Fsp3) is 0.0909. The first-order valence-corrected chi connectivity index (χ1v) is 5.30. The molecule has 0 unspecified atom stereocenters. The minimum Gasteiger partial charge on any atom is -0.691 e. The third-order valence-electron chi connectivity index (χ3n) is 2.22. The van der Waals surface area contributed by atoms with Crippen LogP contribution in [-0.2, 0) is 9.37 Å². The van der Waals surface area contributed by atoms with Gasteiger partial charge in [-0.25, -0.2) is 0 Å². The van der Waals surface area contributed by atoms with Crippen molar-refractivity contribution in [2.45, 2.75) is 4.90 Å². The van der Waals surface area contributed by atoms with Crippen LogP contribution in [0.1, 0.15) is 0 Å². The molecule has 0 aliphatic rings. The normalized spacial score (nSPS) is 10.6. The molecule has 0 saturated heterocycles. The Bertz CT molecular complexity index is 486. The van der Waals surface area contributed by atoms with Crippen molar-refractivity contribution in [1.29, 1.82) is 0 Å². The van der Waals surface area contributed by atoms with E-state index in [1.165, 1.54) is 0 Å². The lowest BCUT2D eigenvalue weighted by Gasteiger charge is -2.09. The Morgan fingerprint density at radius 2 is 1.81 bits per heavy atom. The quantitative estimate of drug-likeness (QED) is 0.463. The summed E-state index contributed by atoms with van der Waals surface area (Å²) in [5.74, 6) is 0.781. The molecular weight excluding hydrogens is 228 g/mol. The van der Waals surface area contributed by atoms with E-state index in [2.05, 4.69) is 9.37 Å². The molecule has 0 aliphatic heterocycles. The zero-order valence-electron chi connectivity index (χ0n) is 8.51. The SMILES string of the molecule is COc1ccc(SOO[O-])c2ccccc12. The van der Waals surface area contributed by atoms with E-state index in [-0.39, 0.29) is 0 Å². The molecule has 0 bridgehead atoms. The first kappa shape index (κ1) is 11.2. The summed E-state index contributed by atoms with van der Waals surface area (Å²) < 4.78 is 9.57. The summed E-state index contributed by atoms with van der Waals surface area (Å²) in [4.78, 5) is 0.798. The summed E-state index contributed by atoms with van der Waals surface area (Å²) in [5, 5.41) is 15.0. The van der Waals surface area contributed by atoms with Crippen molar-refractivity contribution in [2.24, 2.45) is 0 Å². The zero-order valence-corrected chi connectivity index (χ0v) is 9.32. The summed E-state index contributed by atoms with van der Waals surface area (Å²) >= 11 is 0.879. The van der Waals surface area contributed by atoms with Gasteiger partial charge in [0.05, 0.1) is 19.2 Å². The molecule has 16 heavy (non-hydrogen) atoms. The fourth-order valence-corrected chi connectivity index (χ4v) is 2.04. The highest BCUT2D eigenvalue weighted by atomic mass is 32.2. The lowest BCUT2D eigenvalue weighted by molar-refractivity contribution is -0.777.